The van der Waals surface area contributed by atoms with Crippen LogP contribution in [0.25, 0.3) is 0 Å². The minimum absolute atomic E-state index is 0.361. The SMILES string of the molecule is COc1cc(Br)c(C(O)C2CCCC2)cc1OC. The van der Waals surface area contributed by atoms with E-state index in [1.807, 2.05) is 12.1 Å². The molecule has 0 saturated heterocycles. The number of aliphatic hydroxyl groups is 1. The quantitative estimate of drug-likeness (QED) is 0.921. The van der Waals surface area contributed by atoms with Crippen LogP contribution >= 0.6 is 15.9 Å². The predicted molar refractivity (Wildman–Crippen MR) is 74.2 cm³/mol. The molecule has 1 fully saturated rings. The highest BCUT2D eigenvalue weighted by molar-refractivity contribution is 9.10. The van der Waals surface area contributed by atoms with E-state index in [0.29, 0.717) is 17.4 Å². The van der Waals surface area contributed by atoms with E-state index in [0.717, 1.165) is 22.9 Å². The van der Waals surface area contributed by atoms with Gasteiger partial charge in [-0.05, 0) is 36.5 Å². The Kier molecular flexibility index (Phi) is 4.51. The molecule has 1 atom stereocenters. The zero-order chi connectivity index (χ0) is 13.1. The van der Waals surface area contributed by atoms with Gasteiger partial charge in [-0.15, -0.1) is 0 Å². The smallest absolute Gasteiger partial charge is 0.161 e. The average Bonchev–Trinajstić information content (AvgIpc) is 2.91. The van der Waals surface area contributed by atoms with Gasteiger partial charge in [0.15, 0.2) is 11.5 Å². The van der Waals surface area contributed by atoms with Crippen LogP contribution in [0.15, 0.2) is 16.6 Å². The summed E-state index contributed by atoms with van der Waals surface area (Å²) in [5, 5.41) is 10.5. The van der Waals surface area contributed by atoms with Crippen molar-refractivity contribution in [2.75, 3.05) is 14.2 Å². The Hall–Kier alpha value is -0.740. The average molecular weight is 315 g/mol. The first-order chi connectivity index (χ1) is 8.67. The minimum atomic E-state index is -0.429. The fourth-order valence-electron chi connectivity index (χ4n) is 2.62. The molecule has 0 radical (unpaired) electrons. The van der Waals surface area contributed by atoms with Gasteiger partial charge in [-0.2, -0.15) is 0 Å². The maximum atomic E-state index is 10.5. The van der Waals surface area contributed by atoms with Gasteiger partial charge in [-0.3, -0.25) is 0 Å². The third-order valence-electron chi connectivity index (χ3n) is 3.67. The lowest BCUT2D eigenvalue weighted by Gasteiger charge is -2.21. The van der Waals surface area contributed by atoms with Gasteiger partial charge in [0.2, 0.25) is 0 Å². The molecular weight excluding hydrogens is 296 g/mol. The van der Waals surface area contributed by atoms with Crippen molar-refractivity contribution >= 4 is 15.9 Å². The molecule has 1 aromatic carbocycles. The summed E-state index contributed by atoms with van der Waals surface area (Å²) in [5.74, 6) is 1.69. The van der Waals surface area contributed by atoms with Crippen LogP contribution in [-0.4, -0.2) is 19.3 Å². The summed E-state index contributed by atoms with van der Waals surface area (Å²) in [6, 6.07) is 3.72. The first kappa shape index (κ1) is 13.7. The molecule has 0 aliphatic heterocycles. The molecule has 18 heavy (non-hydrogen) atoms. The number of halogens is 1. The molecule has 0 amide bonds. The fourth-order valence-corrected chi connectivity index (χ4v) is 3.18. The number of ether oxygens (including phenoxy) is 2. The zero-order valence-electron chi connectivity index (χ0n) is 10.8. The van der Waals surface area contributed by atoms with Crippen molar-refractivity contribution in [1.29, 1.82) is 0 Å². The van der Waals surface area contributed by atoms with Gasteiger partial charge >= 0.3 is 0 Å². The third kappa shape index (κ3) is 2.64. The van der Waals surface area contributed by atoms with Gasteiger partial charge in [-0.1, -0.05) is 28.8 Å². The summed E-state index contributed by atoms with van der Waals surface area (Å²) in [7, 11) is 3.22. The number of benzene rings is 1. The second kappa shape index (κ2) is 5.93. The van der Waals surface area contributed by atoms with Crippen molar-refractivity contribution in [3.05, 3.63) is 22.2 Å². The number of aliphatic hydroxyl groups excluding tert-OH is 1. The molecule has 0 bridgehead atoms. The van der Waals surface area contributed by atoms with E-state index in [9.17, 15) is 5.11 Å². The Morgan fingerprint density at radius 1 is 1.17 bits per heavy atom. The molecule has 100 valence electrons. The van der Waals surface area contributed by atoms with Crippen LogP contribution in [0.5, 0.6) is 11.5 Å². The Labute approximate surface area is 116 Å². The Morgan fingerprint density at radius 2 is 1.72 bits per heavy atom. The lowest BCUT2D eigenvalue weighted by molar-refractivity contribution is 0.110. The first-order valence-corrected chi connectivity index (χ1v) is 7.06. The molecule has 1 N–H and O–H groups in total. The van der Waals surface area contributed by atoms with Gasteiger partial charge in [0, 0.05) is 4.47 Å². The first-order valence-electron chi connectivity index (χ1n) is 6.27. The van der Waals surface area contributed by atoms with Crippen LogP contribution in [0.2, 0.25) is 0 Å². The Balaban J connectivity index is 2.31. The maximum absolute atomic E-state index is 10.5. The summed E-state index contributed by atoms with van der Waals surface area (Å²) in [4.78, 5) is 0. The number of hydrogen-bond donors (Lipinski definition) is 1. The molecule has 2 rings (SSSR count). The molecular formula is C14H19BrO3. The highest BCUT2D eigenvalue weighted by Crippen LogP contribution is 2.42. The summed E-state index contributed by atoms with van der Waals surface area (Å²) in [6.07, 6.45) is 4.20. The summed E-state index contributed by atoms with van der Waals surface area (Å²) >= 11 is 3.50. The van der Waals surface area contributed by atoms with Crippen LogP contribution in [-0.2, 0) is 0 Å². The molecule has 1 aliphatic rings. The van der Waals surface area contributed by atoms with Crippen molar-refractivity contribution in [1.82, 2.24) is 0 Å². The Morgan fingerprint density at radius 3 is 2.28 bits per heavy atom. The number of methoxy groups -OCH3 is 2. The van der Waals surface area contributed by atoms with Gasteiger partial charge in [0.1, 0.15) is 0 Å². The van der Waals surface area contributed by atoms with Crippen LogP contribution in [0.3, 0.4) is 0 Å². The molecule has 1 saturated carbocycles. The standard InChI is InChI=1S/C14H19BrO3/c1-17-12-7-10(11(15)8-13(12)18-2)14(16)9-5-3-4-6-9/h7-9,14,16H,3-6H2,1-2H3. The van der Waals surface area contributed by atoms with Crippen molar-refractivity contribution in [2.24, 2.45) is 5.92 Å². The minimum Gasteiger partial charge on any atom is -0.493 e. The maximum Gasteiger partial charge on any atom is 0.161 e. The molecule has 0 spiro atoms. The predicted octanol–water partition coefficient (Wildman–Crippen LogP) is 3.69. The highest BCUT2D eigenvalue weighted by atomic mass is 79.9. The van der Waals surface area contributed by atoms with Crippen LogP contribution < -0.4 is 9.47 Å². The van der Waals surface area contributed by atoms with E-state index >= 15 is 0 Å². The topological polar surface area (TPSA) is 38.7 Å². The second-order valence-corrected chi connectivity index (χ2v) is 5.57. The molecule has 0 aromatic heterocycles. The molecule has 1 aromatic rings. The van der Waals surface area contributed by atoms with Gasteiger partial charge in [0.05, 0.1) is 20.3 Å². The van der Waals surface area contributed by atoms with Crippen LogP contribution in [0.4, 0.5) is 0 Å². The van der Waals surface area contributed by atoms with E-state index in [4.69, 9.17) is 9.47 Å². The van der Waals surface area contributed by atoms with Crippen LogP contribution in [0, 0.1) is 5.92 Å². The normalized spacial score (nSPS) is 17.8. The van der Waals surface area contributed by atoms with E-state index in [2.05, 4.69) is 15.9 Å². The van der Waals surface area contributed by atoms with Gasteiger partial charge in [0.25, 0.3) is 0 Å². The summed E-state index contributed by atoms with van der Waals surface area (Å²) in [6.45, 7) is 0. The molecule has 3 nitrogen and oxygen atoms in total. The van der Waals surface area contributed by atoms with Crippen LogP contribution in [0.1, 0.15) is 37.4 Å². The van der Waals surface area contributed by atoms with Gasteiger partial charge in [-0.25, -0.2) is 0 Å². The van der Waals surface area contributed by atoms with E-state index in [1.165, 1.54) is 12.8 Å². The summed E-state index contributed by atoms with van der Waals surface area (Å²) < 4.78 is 11.4. The van der Waals surface area contributed by atoms with E-state index in [1.54, 1.807) is 14.2 Å². The fraction of sp³-hybridized carbons (Fsp3) is 0.571. The van der Waals surface area contributed by atoms with Gasteiger partial charge < -0.3 is 14.6 Å². The monoisotopic (exact) mass is 314 g/mol. The molecule has 1 aliphatic carbocycles. The highest BCUT2D eigenvalue weighted by Gasteiger charge is 2.27. The lowest BCUT2D eigenvalue weighted by Crippen LogP contribution is -2.10. The van der Waals surface area contributed by atoms with Crippen molar-refractivity contribution in [2.45, 2.75) is 31.8 Å². The third-order valence-corrected chi connectivity index (χ3v) is 4.35. The van der Waals surface area contributed by atoms with E-state index < -0.39 is 6.10 Å². The Bertz CT molecular complexity index is 414. The van der Waals surface area contributed by atoms with Crippen molar-refractivity contribution < 1.29 is 14.6 Å². The molecule has 0 heterocycles. The van der Waals surface area contributed by atoms with Crippen molar-refractivity contribution in [3.8, 4) is 11.5 Å². The number of hydrogen-bond acceptors (Lipinski definition) is 3. The lowest BCUT2D eigenvalue weighted by atomic mass is 9.94. The molecule has 1 unspecified atom stereocenters. The summed E-state index contributed by atoms with van der Waals surface area (Å²) in [5.41, 5.74) is 0.888. The van der Waals surface area contributed by atoms with Crippen molar-refractivity contribution in [3.63, 3.8) is 0 Å². The number of rotatable bonds is 4. The van der Waals surface area contributed by atoms with E-state index in [-0.39, 0.29) is 0 Å². The zero-order valence-corrected chi connectivity index (χ0v) is 12.4. The second-order valence-electron chi connectivity index (χ2n) is 4.72. The largest absolute Gasteiger partial charge is 0.493 e. The molecule has 4 heteroatoms.